The first-order valence-corrected chi connectivity index (χ1v) is 8.06. The highest BCUT2D eigenvalue weighted by Crippen LogP contribution is 2.41. The first kappa shape index (κ1) is 16.3. The molecule has 1 aliphatic rings. The Kier molecular flexibility index (Phi) is 5.65. The molecule has 0 aromatic heterocycles. The minimum Gasteiger partial charge on any atom is -0.497 e. The summed E-state index contributed by atoms with van der Waals surface area (Å²) in [6, 6.07) is 9.56. The van der Waals surface area contributed by atoms with Gasteiger partial charge in [-0.05, 0) is 56.5 Å². The van der Waals surface area contributed by atoms with Crippen molar-refractivity contribution in [3.05, 3.63) is 29.8 Å². The van der Waals surface area contributed by atoms with Gasteiger partial charge in [-0.15, -0.1) is 0 Å². The van der Waals surface area contributed by atoms with E-state index in [1.165, 1.54) is 18.4 Å². The maximum atomic E-state index is 5.27. The van der Waals surface area contributed by atoms with Crippen molar-refractivity contribution in [2.45, 2.75) is 38.8 Å². The van der Waals surface area contributed by atoms with Gasteiger partial charge < -0.3 is 15.0 Å². The van der Waals surface area contributed by atoms with E-state index in [-0.39, 0.29) is 0 Å². The topological polar surface area (TPSA) is 24.5 Å². The Morgan fingerprint density at radius 3 is 2.24 bits per heavy atom. The molecule has 0 aliphatic heterocycles. The van der Waals surface area contributed by atoms with Crippen molar-refractivity contribution in [2.24, 2.45) is 11.8 Å². The molecular formula is C18H30N2O. The van der Waals surface area contributed by atoms with Crippen LogP contribution in [0.3, 0.4) is 0 Å². The second-order valence-electron chi connectivity index (χ2n) is 6.87. The number of benzene rings is 1. The number of hydrogen-bond donors (Lipinski definition) is 1. The number of likely N-dealkylation sites (N-methyl/N-ethyl adjacent to an activating group) is 1. The molecular weight excluding hydrogens is 260 g/mol. The average Bonchev–Trinajstić information content (AvgIpc) is 3.27. The van der Waals surface area contributed by atoms with Crippen LogP contribution in [-0.4, -0.2) is 38.7 Å². The first-order chi connectivity index (χ1) is 10.0. The Hall–Kier alpha value is -1.06. The van der Waals surface area contributed by atoms with Gasteiger partial charge in [0.05, 0.1) is 7.11 Å². The lowest BCUT2D eigenvalue weighted by molar-refractivity contribution is 0.260. The smallest absolute Gasteiger partial charge is 0.118 e. The molecule has 21 heavy (non-hydrogen) atoms. The molecule has 2 rings (SSSR count). The highest BCUT2D eigenvalue weighted by Gasteiger charge is 2.34. The summed E-state index contributed by atoms with van der Waals surface area (Å²) >= 11 is 0. The zero-order chi connectivity index (χ0) is 15.4. The molecule has 1 aromatic carbocycles. The molecule has 118 valence electrons. The number of hydrogen-bond acceptors (Lipinski definition) is 3. The van der Waals surface area contributed by atoms with Gasteiger partial charge in [0.1, 0.15) is 5.75 Å². The summed E-state index contributed by atoms with van der Waals surface area (Å²) in [6.07, 6.45) is 2.69. The molecule has 1 saturated carbocycles. The quantitative estimate of drug-likeness (QED) is 0.795. The van der Waals surface area contributed by atoms with Gasteiger partial charge in [0.15, 0.2) is 0 Å². The van der Waals surface area contributed by atoms with Crippen LogP contribution < -0.4 is 10.1 Å². The van der Waals surface area contributed by atoms with Crippen molar-refractivity contribution in [2.75, 3.05) is 27.7 Å². The Morgan fingerprint density at radius 1 is 1.19 bits per heavy atom. The van der Waals surface area contributed by atoms with Crippen LogP contribution in [0.2, 0.25) is 0 Å². The van der Waals surface area contributed by atoms with E-state index in [9.17, 15) is 0 Å². The Balaban J connectivity index is 2.10. The molecule has 1 N–H and O–H groups in total. The van der Waals surface area contributed by atoms with Crippen LogP contribution in [0.1, 0.15) is 38.3 Å². The summed E-state index contributed by atoms with van der Waals surface area (Å²) in [5, 5.41) is 3.92. The third-order valence-electron chi connectivity index (χ3n) is 4.33. The standard InChI is InChI=1S/C18H30N2O/c1-13(2)17(12-20(3)4)19-18(14-6-7-14)15-8-10-16(21-5)11-9-15/h8-11,13-14,17-19H,6-7,12H2,1-5H3. The van der Waals surface area contributed by atoms with Gasteiger partial charge in [0, 0.05) is 18.6 Å². The summed E-state index contributed by atoms with van der Waals surface area (Å²) in [7, 11) is 6.02. The maximum absolute atomic E-state index is 5.27. The zero-order valence-electron chi connectivity index (χ0n) is 14.1. The lowest BCUT2D eigenvalue weighted by atomic mass is 9.97. The molecule has 0 saturated heterocycles. The minimum atomic E-state index is 0.475. The van der Waals surface area contributed by atoms with Crippen molar-refractivity contribution < 1.29 is 4.74 Å². The van der Waals surface area contributed by atoms with Gasteiger partial charge in [-0.2, -0.15) is 0 Å². The number of ether oxygens (including phenoxy) is 1. The van der Waals surface area contributed by atoms with Crippen LogP contribution in [0, 0.1) is 11.8 Å². The second-order valence-corrected chi connectivity index (χ2v) is 6.87. The van der Waals surface area contributed by atoms with Crippen LogP contribution in [-0.2, 0) is 0 Å². The molecule has 0 spiro atoms. The Bertz CT molecular complexity index is 423. The Morgan fingerprint density at radius 2 is 1.81 bits per heavy atom. The molecule has 0 radical (unpaired) electrons. The van der Waals surface area contributed by atoms with Crippen LogP contribution in [0.25, 0.3) is 0 Å². The summed E-state index contributed by atoms with van der Waals surface area (Å²) < 4.78 is 5.27. The zero-order valence-corrected chi connectivity index (χ0v) is 14.1. The van der Waals surface area contributed by atoms with E-state index in [4.69, 9.17) is 4.74 Å². The van der Waals surface area contributed by atoms with E-state index in [2.05, 4.69) is 62.4 Å². The van der Waals surface area contributed by atoms with Crippen molar-refractivity contribution in [1.82, 2.24) is 10.2 Å². The summed E-state index contributed by atoms with van der Waals surface area (Å²) in [6.45, 7) is 5.69. The van der Waals surface area contributed by atoms with Crippen LogP contribution in [0.5, 0.6) is 5.75 Å². The highest BCUT2D eigenvalue weighted by atomic mass is 16.5. The lowest BCUT2D eigenvalue weighted by Gasteiger charge is -2.31. The largest absolute Gasteiger partial charge is 0.497 e. The fourth-order valence-corrected chi connectivity index (χ4v) is 2.83. The maximum Gasteiger partial charge on any atom is 0.118 e. The van der Waals surface area contributed by atoms with Crippen molar-refractivity contribution in [1.29, 1.82) is 0 Å². The molecule has 1 aromatic rings. The van der Waals surface area contributed by atoms with E-state index in [0.29, 0.717) is 18.0 Å². The summed E-state index contributed by atoms with van der Waals surface area (Å²) in [5.41, 5.74) is 1.39. The fourth-order valence-electron chi connectivity index (χ4n) is 2.83. The van der Waals surface area contributed by atoms with Crippen LogP contribution >= 0.6 is 0 Å². The van der Waals surface area contributed by atoms with E-state index in [0.717, 1.165) is 18.2 Å². The van der Waals surface area contributed by atoms with Crippen molar-refractivity contribution in [3.8, 4) is 5.75 Å². The van der Waals surface area contributed by atoms with Crippen molar-refractivity contribution in [3.63, 3.8) is 0 Å². The summed E-state index contributed by atoms with van der Waals surface area (Å²) in [4.78, 5) is 2.27. The summed E-state index contributed by atoms with van der Waals surface area (Å²) in [5.74, 6) is 2.36. The van der Waals surface area contributed by atoms with Crippen LogP contribution in [0.15, 0.2) is 24.3 Å². The molecule has 0 bridgehead atoms. The fraction of sp³-hybridized carbons (Fsp3) is 0.667. The molecule has 1 fully saturated rings. The van der Waals surface area contributed by atoms with Gasteiger partial charge >= 0.3 is 0 Å². The number of nitrogens with zero attached hydrogens (tertiary/aromatic N) is 1. The van der Waals surface area contributed by atoms with Crippen molar-refractivity contribution >= 4 is 0 Å². The molecule has 3 heteroatoms. The average molecular weight is 290 g/mol. The second kappa shape index (κ2) is 7.28. The lowest BCUT2D eigenvalue weighted by Crippen LogP contribution is -2.44. The third kappa shape index (κ3) is 4.72. The minimum absolute atomic E-state index is 0.475. The number of methoxy groups -OCH3 is 1. The van der Waals surface area contributed by atoms with E-state index in [1.54, 1.807) is 7.11 Å². The highest BCUT2D eigenvalue weighted by molar-refractivity contribution is 5.30. The van der Waals surface area contributed by atoms with Gasteiger partial charge in [-0.1, -0.05) is 26.0 Å². The monoisotopic (exact) mass is 290 g/mol. The predicted molar refractivity (Wildman–Crippen MR) is 88.8 cm³/mol. The van der Waals surface area contributed by atoms with Gasteiger partial charge in [0.2, 0.25) is 0 Å². The molecule has 3 nitrogen and oxygen atoms in total. The Labute approximate surface area is 129 Å². The van der Waals surface area contributed by atoms with Gasteiger partial charge in [-0.3, -0.25) is 0 Å². The van der Waals surface area contributed by atoms with Crippen LogP contribution in [0.4, 0.5) is 0 Å². The van der Waals surface area contributed by atoms with E-state index >= 15 is 0 Å². The molecule has 2 atom stereocenters. The first-order valence-electron chi connectivity index (χ1n) is 8.06. The molecule has 0 heterocycles. The van der Waals surface area contributed by atoms with E-state index in [1.807, 2.05) is 0 Å². The van der Waals surface area contributed by atoms with E-state index < -0.39 is 0 Å². The van der Waals surface area contributed by atoms with Gasteiger partial charge in [-0.25, -0.2) is 0 Å². The molecule has 1 aliphatic carbocycles. The predicted octanol–water partition coefficient (Wildman–Crippen LogP) is 3.32. The SMILES string of the molecule is COc1ccc(C(NC(CN(C)C)C(C)C)C2CC2)cc1. The number of rotatable bonds is 8. The molecule has 2 unspecified atom stereocenters. The molecule has 0 amide bonds. The number of nitrogens with one attached hydrogen (secondary N) is 1. The normalized spacial score (nSPS) is 18.0. The van der Waals surface area contributed by atoms with Gasteiger partial charge in [0.25, 0.3) is 0 Å². The third-order valence-corrected chi connectivity index (χ3v) is 4.33.